The first kappa shape index (κ1) is 26.0. The molecule has 1 aliphatic heterocycles. The molecule has 0 fully saturated rings. The van der Waals surface area contributed by atoms with E-state index in [0.29, 0.717) is 0 Å². The molecule has 7 aromatic carbocycles. The summed E-state index contributed by atoms with van der Waals surface area (Å²) in [5.74, 6) is 0. The first-order valence-corrected chi connectivity index (χ1v) is 17.0. The van der Waals surface area contributed by atoms with E-state index in [1.807, 2.05) is 42.5 Å². The lowest BCUT2D eigenvalue weighted by Crippen LogP contribution is -2.20. The smallest absolute Gasteiger partial charge is 0.172 e. The second-order valence-corrected chi connectivity index (χ2v) is 14.4. The summed E-state index contributed by atoms with van der Waals surface area (Å²) in [6.45, 7) is 0. The van der Waals surface area contributed by atoms with Gasteiger partial charge >= 0.3 is 0 Å². The lowest BCUT2D eigenvalue weighted by Gasteiger charge is -2.16. The van der Waals surface area contributed by atoms with E-state index in [1.165, 1.54) is 22.3 Å². The van der Waals surface area contributed by atoms with Crippen LogP contribution in [0, 0.1) is 0 Å². The Morgan fingerprint density at radius 2 is 1.02 bits per heavy atom. The Balaban J connectivity index is 1.23. The maximum atomic E-state index is 15.2. The Kier molecular flexibility index (Phi) is 5.81. The quantitative estimate of drug-likeness (QED) is 0.186. The van der Waals surface area contributed by atoms with Gasteiger partial charge in [-0.05, 0) is 69.8 Å². The summed E-state index contributed by atoms with van der Waals surface area (Å²) in [5, 5.41) is 5.01. The van der Waals surface area contributed by atoms with Gasteiger partial charge in [-0.2, -0.15) is 0 Å². The summed E-state index contributed by atoms with van der Waals surface area (Å²) in [5.41, 5.74) is 10.3. The molecule has 2 nitrogen and oxygen atoms in total. The van der Waals surface area contributed by atoms with Gasteiger partial charge in [0.2, 0.25) is 0 Å². The highest BCUT2D eigenvalue weighted by Crippen LogP contribution is 2.53. The number of nitrogens with zero attached hydrogens (tertiary/aromatic N) is 1. The zero-order valence-corrected chi connectivity index (χ0v) is 25.4. The molecule has 212 valence electrons. The summed E-state index contributed by atoms with van der Waals surface area (Å²) >= 11 is 0. The molecule has 0 bridgehead atoms. The third-order valence-corrected chi connectivity index (χ3v) is 12.4. The molecule has 3 heteroatoms. The average molecular weight is 594 g/mol. The van der Waals surface area contributed by atoms with Gasteiger partial charge in [-0.15, -0.1) is 0 Å². The number of hydrogen-bond donors (Lipinski definition) is 0. The molecule has 0 N–H and O–H groups in total. The summed E-state index contributed by atoms with van der Waals surface area (Å²) < 4.78 is 17.5. The van der Waals surface area contributed by atoms with Crippen molar-refractivity contribution in [2.75, 3.05) is 0 Å². The normalized spacial score (nSPS) is 15.3. The van der Waals surface area contributed by atoms with Crippen LogP contribution in [0.2, 0.25) is 0 Å². The Morgan fingerprint density at radius 1 is 0.400 bits per heavy atom. The van der Waals surface area contributed by atoms with Crippen molar-refractivity contribution in [2.24, 2.45) is 0 Å². The predicted octanol–water partition coefficient (Wildman–Crippen LogP) is 9.74. The number of para-hydroxylation sites is 1. The van der Waals surface area contributed by atoms with Gasteiger partial charge in [-0.25, -0.2) is 0 Å². The van der Waals surface area contributed by atoms with E-state index >= 15 is 4.57 Å². The van der Waals surface area contributed by atoms with E-state index in [4.69, 9.17) is 0 Å². The number of hydrogen-bond acceptors (Lipinski definition) is 1. The monoisotopic (exact) mass is 593 g/mol. The summed E-state index contributed by atoms with van der Waals surface area (Å²) in [4.78, 5) is 0. The molecule has 0 spiro atoms. The van der Waals surface area contributed by atoms with Crippen molar-refractivity contribution in [1.82, 2.24) is 4.57 Å². The van der Waals surface area contributed by atoms with Gasteiger partial charge < -0.3 is 9.13 Å². The zero-order chi connectivity index (χ0) is 30.0. The van der Waals surface area contributed by atoms with Gasteiger partial charge in [0.05, 0.1) is 11.0 Å². The van der Waals surface area contributed by atoms with Gasteiger partial charge in [0, 0.05) is 32.4 Å². The fraction of sp³-hybridized carbons (Fsp3) is 0. The number of rotatable bonds is 4. The van der Waals surface area contributed by atoms with Gasteiger partial charge in [-0.3, -0.25) is 0 Å². The standard InChI is InChI=1S/C42H28NOP/c44-45(34-16-5-2-6-17-34)41-21-10-8-19-36(41)38-27-40-37(28-42(38)45)35-18-7-9-20-39(35)43(40)33-24-22-30(23-25-33)32-15-11-14-31(26-32)29-12-3-1-4-13-29/h1-28H. The predicted molar refractivity (Wildman–Crippen MR) is 190 cm³/mol. The van der Waals surface area contributed by atoms with Crippen LogP contribution in [0.1, 0.15) is 0 Å². The third kappa shape index (κ3) is 3.93. The van der Waals surface area contributed by atoms with Crippen LogP contribution >= 0.6 is 7.14 Å². The van der Waals surface area contributed by atoms with Crippen LogP contribution < -0.4 is 15.9 Å². The molecule has 1 atom stereocenters. The third-order valence-electron chi connectivity index (χ3n) is 9.21. The van der Waals surface area contributed by atoms with Gasteiger partial charge in [0.25, 0.3) is 0 Å². The van der Waals surface area contributed by atoms with Crippen LogP contribution in [0.15, 0.2) is 170 Å². The lowest BCUT2D eigenvalue weighted by molar-refractivity contribution is 0.593. The van der Waals surface area contributed by atoms with Crippen LogP contribution in [0.4, 0.5) is 0 Å². The Labute approximate surface area is 262 Å². The fourth-order valence-corrected chi connectivity index (χ4v) is 10.2. The summed E-state index contributed by atoms with van der Waals surface area (Å²) in [7, 11) is -3.02. The van der Waals surface area contributed by atoms with E-state index < -0.39 is 7.14 Å². The molecule has 9 rings (SSSR count). The van der Waals surface area contributed by atoms with Gasteiger partial charge in [0.1, 0.15) is 0 Å². The lowest BCUT2D eigenvalue weighted by atomic mass is 9.99. The molecule has 8 aromatic rings. The van der Waals surface area contributed by atoms with E-state index in [0.717, 1.165) is 54.5 Å². The van der Waals surface area contributed by atoms with Crippen molar-refractivity contribution in [3.05, 3.63) is 170 Å². The molecule has 1 aliphatic rings. The molecule has 2 heterocycles. The molecule has 45 heavy (non-hydrogen) atoms. The molecular formula is C42H28NOP. The second-order valence-electron chi connectivity index (χ2n) is 11.7. The number of aromatic nitrogens is 1. The minimum Gasteiger partial charge on any atom is -0.309 e. The molecule has 0 saturated heterocycles. The summed E-state index contributed by atoms with van der Waals surface area (Å²) in [6, 6.07) is 59.3. The Bertz CT molecular complexity index is 2440. The van der Waals surface area contributed by atoms with Crippen molar-refractivity contribution >= 4 is 44.9 Å². The van der Waals surface area contributed by atoms with Crippen molar-refractivity contribution in [2.45, 2.75) is 0 Å². The first-order chi connectivity index (χ1) is 22.2. The summed E-state index contributed by atoms with van der Waals surface area (Å²) in [6.07, 6.45) is 0. The molecule has 0 aliphatic carbocycles. The SMILES string of the molecule is O=P1(c2ccccc2)c2ccccc2-c2cc3c(cc21)c1ccccc1n3-c1ccc(-c2cccc(-c3ccccc3)c2)cc1. The first-order valence-electron chi connectivity index (χ1n) is 15.3. The van der Waals surface area contributed by atoms with E-state index in [9.17, 15) is 0 Å². The minimum atomic E-state index is -3.02. The van der Waals surface area contributed by atoms with Gasteiger partial charge in [0.15, 0.2) is 7.14 Å². The molecular weight excluding hydrogens is 565 g/mol. The number of benzene rings is 7. The molecule has 1 aromatic heterocycles. The minimum absolute atomic E-state index is 0.881. The average Bonchev–Trinajstić information content (AvgIpc) is 3.58. The van der Waals surface area contributed by atoms with Crippen LogP contribution in [0.3, 0.4) is 0 Å². The molecule has 0 radical (unpaired) electrons. The highest BCUT2D eigenvalue weighted by Gasteiger charge is 2.40. The fourth-order valence-electron chi connectivity index (χ4n) is 7.09. The maximum Gasteiger partial charge on any atom is 0.172 e. The molecule has 0 amide bonds. The molecule has 1 unspecified atom stereocenters. The zero-order valence-electron chi connectivity index (χ0n) is 24.5. The Morgan fingerprint density at radius 3 is 1.80 bits per heavy atom. The van der Waals surface area contributed by atoms with E-state index in [2.05, 4.69) is 132 Å². The largest absolute Gasteiger partial charge is 0.309 e. The van der Waals surface area contributed by atoms with Gasteiger partial charge in [-0.1, -0.05) is 133 Å². The van der Waals surface area contributed by atoms with Crippen molar-refractivity contribution in [1.29, 1.82) is 0 Å². The van der Waals surface area contributed by atoms with Crippen molar-refractivity contribution in [3.63, 3.8) is 0 Å². The van der Waals surface area contributed by atoms with Crippen LogP contribution in [0.25, 0.3) is 60.9 Å². The van der Waals surface area contributed by atoms with Crippen LogP contribution in [-0.2, 0) is 4.57 Å². The van der Waals surface area contributed by atoms with Crippen LogP contribution in [-0.4, -0.2) is 4.57 Å². The maximum absolute atomic E-state index is 15.2. The van der Waals surface area contributed by atoms with Crippen molar-refractivity contribution in [3.8, 4) is 39.1 Å². The molecule has 0 saturated carbocycles. The topological polar surface area (TPSA) is 22.0 Å². The van der Waals surface area contributed by atoms with E-state index in [1.54, 1.807) is 0 Å². The highest BCUT2D eigenvalue weighted by atomic mass is 31.2. The second kappa shape index (κ2) is 10.1. The number of fused-ring (bicyclic) bond motifs is 6. The van der Waals surface area contributed by atoms with Crippen LogP contribution in [0.5, 0.6) is 0 Å². The highest BCUT2D eigenvalue weighted by molar-refractivity contribution is 7.86. The van der Waals surface area contributed by atoms with Crippen molar-refractivity contribution < 1.29 is 4.57 Å². The Hall–Kier alpha value is -5.43. The van der Waals surface area contributed by atoms with E-state index in [-0.39, 0.29) is 0 Å².